The normalized spacial score (nSPS) is 17.4. The van der Waals surface area contributed by atoms with Crippen molar-refractivity contribution in [2.45, 2.75) is 19.4 Å². The van der Waals surface area contributed by atoms with Gasteiger partial charge in [-0.2, -0.15) is 15.6 Å². The molecule has 0 bridgehead atoms. The van der Waals surface area contributed by atoms with Gasteiger partial charge in [0.1, 0.15) is 5.92 Å². The highest BCUT2D eigenvalue weighted by molar-refractivity contribution is 6.30. The number of hydrogen-bond donors (Lipinski definition) is 0. The van der Waals surface area contributed by atoms with Crippen LogP contribution in [0, 0.1) is 34.5 Å². The minimum atomic E-state index is -0.987. The Bertz CT molecular complexity index is 944. The van der Waals surface area contributed by atoms with Crippen molar-refractivity contribution in [3.8, 4) is 12.1 Å². The molecule has 1 aliphatic rings. The fourth-order valence-corrected chi connectivity index (χ4v) is 3.60. The van der Waals surface area contributed by atoms with Gasteiger partial charge in [0.2, 0.25) is 0 Å². The average Bonchev–Trinajstić information content (AvgIpc) is 2.94. The van der Waals surface area contributed by atoms with Gasteiger partial charge in [0, 0.05) is 16.7 Å². The molecule has 1 aliphatic heterocycles. The lowest BCUT2D eigenvalue weighted by Crippen LogP contribution is -2.34. The molecule has 1 amide bonds. The van der Waals surface area contributed by atoms with Crippen LogP contribution in [0.3, 0.4) is 0 Å². The number of nitrogens with zero attached hydrogens (tertiary/aromatic N) is 4. The maximum Gasteiger partial charge on any atom is 0.252 e. The monoisotopic (exact) mass is 376 g/mol. The van der Waals surface area contributed by atoms with Crippen LogP contribution in [-0.2, 0) is 11.3 Å². The highest BCUT2D eigenvalue weighted by atomic mass is 35.5. The van der Waals surface area contributed by atoms with Gasteiger partial charge >= 0.3 is 0 Å². The summed E-state index contributed by atoms with van der Waals surface area (Å²) in [4.78, 5) is 13.1. The second-order valence-electron chi connectivity index (χ2n) is 6.42. The molecule has 27 heavy (non-hydrogen) atoms. The number of carbonyl (C=O) groups excluding carboxylic acids is 1. The fraction of sp³-hybridized carbons (Fsp3) is 0.238. The van der Waals surface area contributed by atoms with E-state index >= 15 is 0 Å². The van der Waals surface area contributed by atoms with Gasteiger partial charge in [-0.25, -0.2) is 5.01 Å². The van der Waals surface area contributed by atoms with Crippen LogP contribution in [-0.4, -0.2) is 16.6 Å². The van der Waals surface area contributed by atoms with E-state index in [1.807, 2.05) is 42.5 Å². The average molecular weight is 377 g/mol. The number of nitriles is 2. The van der Waals surface area contributed by atoms with Crippen LogP contribution in [0.2, 0.25) is 5.02 Å². The van der Waals surface area contributed by atoms with Gasteiger partial charge < -0.3 is 0 Å². The lowest BCUT2D eigenvalue weighted by Gasteiger charge is -2.24. The topological polar surface area (TPSA) is 80.2 Å². The van der Waals surface area contributed by atoms with E-state index in [-0.39, 0.29) is 5.91 Å². The van der Waals surface area contributed by atoms with Gasteiger partial charge in [0.15, 0.2) is 0 Å². The standard InChI is InChI=1S/C21H17ClN4O/c1-14-19(21(27)26(25-14)13-15-6-3-2-4-7-15)20(17(11-23)12-24)16-8-5-9-18(22)10-16/h2-10,17,19-20H,13H2,1H3/t19-,20-/m1/s1. The maximum absolute atomic E-state index is 13.1. The summed E-state index contributed by atoms with van der Waals surface area (Å²) in [6.45, 7) is 2.11. The molecule has 1 heterocycles. The summed E-state index contributed by atoms with van der Waals surface area (Å²) in [6.07, 6.45) is 0. The second-order valence-corrected chi connectivity index (χ2v) is 6.85. The number of hydrazone groups is 1. The van der Waals surface area contributed by atoms with Crippen LogP contribution in [0.25, 0.3) is 0 Å². The smallest absolute Gasteiger partial charge is 0.252 e. The van der Waals surface area contributed by atoms with Crippen molar-refractivity contribution >= 4 is 23.2 Å². The predicted molar refractivity (Wildman–Crippen MR) is 103 cm³/mol. The molecular formula is C21H17ClN4O. The van der Waals surface area contributed by atoms with Crippen molar-refractivity contribution in [2.75, 3.05) is 0 Å². The summed E-state index contributed by atoms with van der Waals surface area (Å²) in [5, 5.41) is 25.3. The lowest BCUT2D eigenvalue weighted by molar-refractivity contribution is -0.133. The molecule has 2 aromatic carbocycles. The van der Waals surface area contributed by atoms with Crippen LogP contribution >= 0.6 is 11.6 Å². The Hall–Kier alpha value is -3.15. The Balaban J connectivity index is 1.96. The van der Waals surface area contributed by atoms with Crippen LogP contribution in [0.4, 0.5) is 0 Å². The van der Waals surface area contributed by atoms with Crippen LogP contribution in [0.15, 0.2) is 59.7 Å². The first-order valence-corrected chi connectivity index (χ1v) is 8.88. The molecule has 6 heteroatoms. The van der Waals surface area contributed by atoms with Crippen molar-refractivity contribution in [3.05, 3.63) is 70.7 Å². The molecule has 0 aliphatic carbocycles. The van der Waals surface area contributed by atoms with E-state index in [4.69, 9.17) is 11.6 Å². The number of hydrogen-bond acceptors (Lipinski definition) is 4. The Kier molecular flexibility index (Phi) is 5.54. The third kappa shape index (κ3) is 3.84. The molecule has 0 spiro atoms. The summed E-state index contributed by atoms with van der Waals surface area (Å²) in [5.74, 6) is -2.50. The van der Waals surface area contributed by atoms with Gasteiger partial charge in [-0.1, -0.05) is 54.1 Å². The third-order valence-electron chi connectivity index (χ3n) is 4.65. The van der Waals surface area contributed by atoms with Gasteiger partial charge in [-0.05, 0) is 30.2 Å². The number of rotatable bonds is 5. The van der Waals surface area contributed by atoms with Crippen molar-refractivity contribution in [2.24, 2.45) is 16.9 Å². The summed E-state index contributed by atoms with van der Waals surface area (Å²) in [7, 11) is 0. The molecule has 3 rings (SSSR count). The molecular weight excluding hydrogens is 360 g/mol. The first-order chi connectivity index (χ1) is 13.0. The SMILES string of the molecule is CC1=NN(Cc2ccccc2)C(=O)[C@H]1[C@H](c1cccc(Cl)c1)C(C#N)C#N. The maximum atomic E-state index is 13.1. The summed E-state index contributed by atoms with van der Waals surface area (Å²) >= 11 is 6.10. The van der Waals surface area contributed by atoms with Crippen LogP contribution in [0.5, 0.6) is 0 Å². The van der Waals surface area contributed by atoms with Gasteiger partial charge in [0.25, 0.3) is 5.91 Å². The number of amides is 1. The van der Waals surface area contributed by atoms with Crippen molar-refractivity contribution in [1.82, 2.24) is 5.01 Å². The molecule has 0 N–H and O–H groups in total. The van der Waals surface area contributed by atoms with Gasteiger partial charge in [0.05, 0.1) is 24.6 Å². The largest absolute Gasteiger partial charge is 0.272 e. The third-order valence-corrected chi connectivity index (χ3v) is 4.89. The molecule has 134 valence electrons. The van der Waals surface area contributed by atoms with E-state index in [9.17, 15) is 15.3 Å². The molecule has 0 aromatic heterocycles. The minimum Gasteiger partial charge on any atom is -0.272 e. The van der Waals surface area contributed by atoms with E-state index < -0.39 is 17.8 Å². The zero-order valence-corrected chi connectivity index (χ0v) is 15.5. The molecule has 0 radical (unpaired) electrons. The Morgan fingerprint density at radius 2 is 1.85 bits per heavy atom. The minimum absolute atomic E-state index is 0.211. The molecule has 2 atom stereocenters. The number of benzene rings is 2. The zero-order valence-electron chi connectivity index (χ0n) is 14.7. The van der Waals surface area contributed by atoms with E-state index in [2.05, 4.69) is 5.10 Å². The van der Waals surface area contributed by atoms with Crippen molar-refractivity contribution in [1.29, 1.82) is 10.5 Å². The molecule has 5 nitrogen and oxygen atoms in total. The lowest BCUT2D eigenvalue weighted by atomic mass is 9.76. The van der Waals surface area contributed by atoms with Crippen LogP contribution < -0.4 is 0 Å². The molecule has 0 unspecified atom stereocenters. The predicted octanol–water partition coefficient (Wildman–Crippen LogP) is 4.12. The van der Waals surface area contributed by atoms with E-state index in [1.54, 1.807) is 31.2 Å². The highest BCUT2D eigenvalue weighted by Gasteiger charge is 2.43. The molecule has 0 saturated heterocycles. The van der Waals surface area contributed by atoms with E-state index in [0.29, 0.717) is 22.8 Å². The molecule has 2 aromatic rings. The Morgan fingerprint density at radius 3 is 2.48 bits per heavy atom. The quantitative estimate of drug-likeness (QED) is 0.787. The Morgan fingerprint density at radius 1 is 1.15 bits per heavy atom. The first-order valence-electron chi connectivity index (χ1n) is 8.50. The van der Waals surface area contributed by atoms with Gasteiger partial charge in [-0.15, -0.1) is 0 Å². The fourth-order valence-electron chi connectivity index (χ4n) is 3.40. The number of halogens is 1. The van der Waals surface area contributed by atoms with Crippen LogP contribution in [0.1, 0.15) is 24.0 Å². The van der Waals surface area contributed by atoms with Crippen molar-refractivity contribution in [3.63, 3.8) is 0 Å². The Labute approximate surface area is 163 Å². The van der Waals surface area contributed by atoms with E-state index in [1.165, 1.54) is 5.01 Å². The van der Waals surface area contributed by atoms with Gasteiger partial charge in [-0.3, -0.25) is 4.79 Å². The number of carbonyl (C=O) groups is 1. The molecule has 0 saturated carbocycles. The van der Waals surface area contributed by atoms with E-state index in [0.717, 1.165) is 5.56 Å². The summed E-state index contributed by atoms with van der Waals surface area (Å²) in [6, 6.07) is 20.6. The first kappa shape index (κ1) is 18.6. The second kappa shape index (κ2) is 8.03. The molecule has 0 fully saturated rings. The highest BCUT2D eigenvalue weighted by Crippen LogP contribution is 2.38. The zero-order chi connectivity index (χ0) is 19.4. The van der Waals surface area contributed by atoms with Crippen molar-refractivity contribution < 1.29 is 4.79 Å². The summed E-state index contributed by atoms with van der Waals surface area (Å²) < 4.78 is 0. The summed E-state index contributed by atoms with van der Waals surface area (Å²) in [5.41, 5.74) is 2.24.